The van der Waals surface area contributed by atoms with Crippen molar-refractivity contribution in [1.29, 1.82) is 0 Å². The van der Waals surface area contributed by atoms with E-state index < -0.39 is 14.9 Å². The molecule has 1 aliphatic rings. The Morgan fingerprint density at radius 2 is 1.82 bits per heavy atom. The molecular weight excluding hydrogens is 387 g/mol. The number of nitro benzene ring substituents is 1. The minimum atomic E-state index is -3.78. The summed E-state index contributed by atoms with van der Waals surface area (Å²) in [5.74, 6) is -0.366. The Bertz CT molecular complexity index is 958. The van der Waals surface area contributed by atoms with Gasteiger partial charge in [0, 0.05) is 12.6 Å². The first-order valence-electron chi connectivity index (χ1n) is 8.85. The van der Waals surface area contributed by atoms with E-state index in [-0.39, 0.29) is 28.6 Å². The highest BCUT2D eigenvalue weighted by Crippen LogP contribution is 2.29. The molecule has 1 heterocycles. The standard InChI is InChI=1S/C18H21FN4O4S/c1-21-8-10-22(11-9-21)28(26,27)16-6-7-17(18(12-16)23(24)25)20-13-14-2-4-15(19)5-3-14/h2-7,12,20H,8-11,13H2,1H3/p+1. The second-order valence-corrected chi connectivity index (χ2v) is 8.72. The molecule has 8 nitrogen and oxygen atoms in total. The Labute approximate surface area is 162 Å². The smallest absolute Gasteiger partial charge is 0.293 e. The Kier molecular flexibility index (Phi) is 5.92. The van der Waals surface area contributed by atoms with E-state index in [2.05, 4.69) is 5.32 Å². The number of anilines is 1. The van der Waals surface area contributed by atoms with Crippen LogP contribution < -0.4 is 10.2 Å². The van der Waals surface area contributed by atoms with Crippen molar-refractivity contribution in [3.05, 3.63) is 64.0 Å². The van der Waals surface area contributed by atoms with E-state index in [9.17, 15) is 22.9 Å². The fraction of sp³-hybridized carbons (Fsp3) is 0.333. The number of nitro groups is 1. The van der Waals surface area contributed by atoms with Crippen molar-refractivity contribution in [2.45, 2.75) is 11.4 Å². The van der Waals surface area contributed by atoms with Gasteiger partial charge in [0.05, 0.1) is 43.0 Å². The van der Waals surface area contributed by atoms with Crippen LogP contribution in [0.3, 0.4) is 0 Å². The third-order valence-electron chi connectivity index (χ3n) is 4.78. The molecule has 0 aliphatic carbocycles. The fourth-order valence-corrected chi connectivity index (χ4v) is 4.49. The van der Waals surface area contributed by atoms with Gasteiger partial charge in [-0.15, -0.1) is 0 Å². The number of likely N-dealkylation sites (N-methyl/N-ethyl adjacent to an activating group) is 1. The van der Waals surface area contributed by atoms with Gasteiger partial charge >= 0.3 is 0 Å². The van der Waals surface area contributed by atoms with Crippen molar-refractivity contribution < 1.29 is 22.6 Å². The Morgan fingerprint density at radius 3 is 2.43 bits per heavy atom. The van der Waals surface area contributed by atoms with E-state index in [1.807, 2.05) is 7.05 Å². The maximum absolute atomic E-state index is 13.0. The summed E-state index contributed by atoms with van der Waals surface area (Å²) in [5, 5.41) is 14.4. The van der Waals surface area contributed by atoms with Crippen molar-refractivity contribution in [1.82, 2.24) is 4.31 Å². The third-order valence-corrected chi connectivity index (χ3v) is 6.67. The highest BCUT2D eigenvalue weighted by atomic mass is 32.2. The van der Waals surface area contributed by atoms with Crippen LogP contribution in [0, 0.1) is 15.9 Å². The molecule has 0 saturated carbocycles. The van der Waals surface area contributed by atoms with Gasteiger partial charge in [-0.05, 0) is 29.8 Å². The molecule has 2 aromatic rings. The second kappa shape index (κ2) is 8.21. The number of benzene rings is 2. The van der Waals surface area contributed by atoms with Gasteiger partial charge in [0.1, 0.15) is 11.5 Å². The maximum Gasteiger partial charge on any atom is 0.293 e. The fourth-order valence-electron chi connectivity index (χ4n) is 3.03. The summed E-state index contributed by atoms with van der Waals surface area (Å²) in [7, 11) is -1.79. The zero-order chi connectivity index (χ0) is 20.3. The number of nitrogens with one attached hydrogen (secondary N) is 2. The van der Waals surface area contributed by atoms with E-state index >= 15 is 0 Å². The average molecular weight is 409 g/mol. The van der Waals surface area contributed by atoms with Gasteiger partial charge in [-0.25, -0.2) is 12.8 Å². The lowest BCUT2D eigenvalue weighted by atomic mass is 10.2. The summed E-state index contributed by atoms with van der Waals surface area (Å²) in [6, 6.07) is 9.62. The van der Waals surface area contributed by atoms with Gasteiger partial charge < -0.3 is 10.2 Å². The molecule has 1 fully saturated rings. The normalized spacial score (nSPS) is 16.1. The molecule has 0 atom stereocenters. The van der Waals surface area contributed by atoms with Crippen molar-refractivity contribution in [2.24, 2.45) is 0 Å². The van der Waals surface area contributed by atoms with Gasteiger partial charge in [0.2, 0.25) is 10.0 Å². The number of halogens is 1. The lowest BCUT2D eigenvalue weighted by molar-refractivity contribution is -0.883. The largest absolute Gasteiger partial charge is 0.375 e. The van der Waals surface area contributed by atoms with Crippen LogP contribution in [0.25, 0.3) is 0 Å². The molecule has 2 N–H and O–H groups in total. The Hall–Kier alpha value is -2.56. The molecule has 0 bridgehead atoms. The van der Waals surface area contributed by atoms with E-state index in [1.165, 1.54) is 33.5 Å². The van der Waals surface area contributed by atoms with Crippen LogP contribution in [0.1, 0.15) is 5.56 Å². The van der Waals surface area contributed by atoms with Gasteiger partial charge in [0.15, 0.2) is 0 Å². The molecule has 28 heavy (non-hydrogen) atoms. The molecule has 0 aromatic heterocycles. The van der Waals surface area contributed by atoms with E-state index in [0.717, 1.165) is 11.6 Å². The van der Waals surface area contributed by atoms with Crippen molar-refractivity contribution in [2.75, 3.05) is 38.5 Å². The molecule has 1 saturated heterocycles. The summed E-state index contributed by atoms with van der Waals surface area (Å²) in [6.45, 7) is 2.39. The second-order valence-electron chi connectivity index (χ2n) is 6.78. The van der Waals surface area contributed by atoms with Crippen molar-refractivity contribution in [3.63, 3.8) is 0 Å². The zero-order valence-corrected chi connectivity index (χ0v) is 16.2. The molecule has 0 radical (unpaired) electrons. The highest BCUT2D eigenvalue weighted by molar-refractivity contribution is 7.89. The molecule has 1 aliphatic heterocycles. The van der Waals surface area contributed by atoms with Crippen LogP contribution in [0.4, 0.5) is 15.8 Å². The first-order chi connectivity index (χ1) is 13.3. The van der Waals surface area contributed by atoms with E-state index in [1.54, 1.807) is 12.1 Å². The van der Waals surface area contributed by atoms with Crippen LogP contribution in [-0.4, -0.2) is 50.9 Å². The van der Waals surface area contributed by atoms with Crippen molar-refractivity contribution in [3.8, 4) is 0 Å². The lowest BCUT2D eigenvalue weighted by Gasteiger charge is -2.29. The number of hydrogen-bond acceptors (Lipinski definition) is 5. The molecule has 10 heteroatoms. The monoisotopic (exact) mass is 409 g/mol. The zero-order valence-electron chi connectivity index (χ0n) is 15.4. The molecular formula is C18H22FN4O4S+. The van der Waals surface area contributed by atoms with E-state index in [4.69, 9.17) is 0 Å². The summed E-state index contributed by atoms with van der Waals surface area (Å²) in [6.07, 6.45) is 0. The molecule has 3 rings (SSSR count). The number of quaternary nitrogens is 1. The number of hydrogen-bond donors (Lipinski definition) is 2. The molecule has 150 valence electrons. The Morgan fingerprint density at radius 1 is 1.18 bits per heavy atom. The average Bonchev–Trinajstić information content (AvgIpc) is 2.67. The van der Waals surface area contributed by atoms with Gasteiger partial charge in [-0.3, -0.25) is 10.1 Å². The van der Waals surface area contributed by atoms with Crippen LogP contribution >= 0.6 is 0 Å². The molecule has 0 amide bonds. The predicted molar refractivity (Wildman–Crippen MR) is 102 cm³/mol. The highest BCUT2D eigenvalue weighted by Gasteiger charge is 2.31. The molecule has 2 aromatic carbocycles. The summed E-state index contributed by atoms with van der Waals surface area (Å²) >= 11 is 0. The topological polar surface area (TPSA) is 97.0 Å². The van der Waals surface area contributed by atoms with Gasteiger partial charge in [-0.1, -0.05) is 12.1 Å². The van der Waals surface area contributed by atoms with Crippen LogP contribution in [0.15, 0.2) is 47.4 Å². The van der Waals surface area contributed by atoms with E-state index in [0.29, 0.717) is 26.2 Å². The molecule has 0 unspecified atom stereocenters. The maximum atomic E-state index is 13.0. The van der Waals surface area contributed by atoms with Crippen LogP contribution in [0.5, 0.6) is 0 Å². The van der Waals surface area contributed by atoms with Crippen LogP contribution in [0.2, 0.25) is 0 Å². The predicted octanol–water partition coefficient (Wildman–Crippen LogP) is 0.865. The quantitative estimate of drug-likeness (QED) is 0.545. The number of piperazine rings is 1. The Balaban J connectivity index is 1.82. The third kappa shape index (κ3) is 4.46. The molecule has 0 spiro atoms. The summed E-state index contributed by atoms with van der Waals surface area (Å²) in [5.41, 5.74) is 0.631. The number of nitrogens with zero attached hydrogens (tertiary/aromatic N) is 2. The number of sulfonamides is 1. The summed E-state index contributed by atoms with van der Waals surface area (Å²) in [4.78, 5) is 12.0. The number of rotatable bonds is 6. The summed E-state index contributed by atoms with van der Waals surface area (Å²) < 4.78 is 40.0. The minimum absolute atomic E-state index is 0.0916. The van der Waals surface area contributed by atoms with Gasteiger partial charge in [0.25, 0.3) is 5.69 Å². The lowest BCUT2D eigenvalue weighted by Crippen LogP contribution is -3.12. The first-order valence-corrected chi connectivity index (χ1v) is 10.3. The van der Waals surface area contributed by atoms with Crippen molar-refractivity contribution >= 4 is 21.4 Å². The van der Waals surface area contributed by atoms with Crippen LogP contribution in [-0.2, 0) is 16.6 Å². The minimum Gasteiger partial charge on any atom is -0.375 e. The SMILES string of the molecule is C[NH+]1CCN(S(=O)(=O)c2ccc(NCc3ccc(F)cc3)c([N+](=O)[O-])c2)CC1. The van der Waals surface area contributed by atoms with Gasteiger partial charge in [-0.2, -0.15) is 4.31 Å². The first kappa shape index (κ1) is 20.2.